The van der Waals surface area contributed by atoms with Crippen molar-refractivity contribution in [2.75, 3.05) is 13.7 Å². The molecular weight excluding hydrogens is 228 g/mol. The molecule has 0 aromatic carbocycles. The molecule has 0 aromatic heterocycles. The summed E-state index contributed by atoms with van der Waals surface area (Å²) < 4.78 is 10.5. The van der Waals surface area contributed by atoms with Gasteiger partial charge in [0.05, 0.1) is 19.8 Å². The molecule has 0 aromatic rings. The molecule has 1 aliphatic carbocycles. The van der Waals surface area contributed by atoms with Crippen molar-refractivity contribution in [3.63, 3.8) is 0 Å². The van der Waals surface area contributed by atoms with E-state index in [-0.39, 0.29) is 5.97 Å². The van der Waals surface area contributed by atoms with E-state index in [0.29, 0.717) is 30.1 Å². The molecule has 0 radical (unpaired) electrons. The summed E-state index contributed by atoms with van der Waals surface area (Å²) in [6.07, 6.45) is 7.59. The molecule has 0 amide bonds. The molecule has 0 saturated heterocycles. The zero-order valence-corrected chi connectivity index (χ0v) is 12.1. The summed E-state index contributed by atoms with van der Waals surface area (Å²) in [6, 6.07) is 0. The second-order valence-corrected chi connectivity index (χ2v) is 5.77. The molecule has 0 heterocycles. The van der Waals surface area contributed by atoms with Crippen molar-refractivity contribution < 1.29 is 14.3 Å². The van der Waals surface area contributed by atoms with Gasteiger partial charge in [-0.1, -0.05) is 20.8 Å². The molecule has 3 nitrogen and oxygen atoms in total. The number of methoxy groups -OCH3 is 1. The maximum Gasteiger partial charge on any atom is 0.333 e. The summed E-state index contributed by atoms with van der Waals surface area (Å²) in [6.45, 7) is 7.10. The quantitative estimate of drug-likeness (QED) is 0.556. The summed E-state index contributed by atoms with van der Waals surface area (Å²) >= 11 is 0. The SMILES string of the molecule is CCC(=CCOC1CCC(C)(C)CC1)C(=O)OC. The number of esters is 1. The first-order valence-electron chi connectivity index (χ1n) is 6.87. The minimum absolute atomic E-state index is 0.245. The van der Waals surface area contributed by atoms with Gasteiger partial charge in [0.15, 0.2) is 0 Å². The topological polar surface area (TPSA) is 35.5 Å². The number of carbonyl (C=O) groups is 1. The second kappa shape index (κ2) is 6.93. The van der Waals surface area contributed by atoms with E-state index >= 15 is 0 Å². The monoisotopic (exact) mass is 254 g/mol. The van der Waals surface area contributed by atoms with Crippen molar-refractivity contribution in [3.8, 4) is 0 Å². The highest BCUT2D eigenvalue weighted by Crippen LogP contribution is 2.36. The van der Waals surface area contributed by atoms with Gasteiger partial charge in [-0.2, -0.15) is 0 Å². The number of hydrogen-bond donors (Lipinski definition) is 0. The standard InChI is InChI=1S/C15H26O3/c1-5-12(14(16)17-4)8-11-18-13-6-9-15(2,3)10-7-13/h8,13H,5-7,9-11H2,1-4H3. The van der Waals surface area contributed by atoms with Gasteiger partial charge in [0.2, 0.25) is 0 Å². The lowest BCUT2D eigenvalue weighted by molar-refractivity contribution is -0.136. The summed E-state index contributed by atoms with van der Waals surface area (Å²) in [7, 11) is 1.41. The van der Waals surface area contributed by atoms with Crippen molar-refractivity contribution in [1.29, 1.82) is 0 Å². The number of carbonyl (C=O) groups excluding carboxylic acids is 1. The smallest absolute Gasteiger partial charge is 0.333 e. The molecule has 1 saturated carbocycles. The molecule has 0 spiro atoms. The van der Waals surface area contributed by atoms with E-state index < -0.39 is 0 Å². The van der Waals surface area contributed by atoms with Gasteiger partial charge in [-0.15, -0.1) is 0 Å². The van der Waals surface area contributed by atoms with Crippen LogP contribution >= 0.6 is 0 Å². The fourth-order valence-corrected chi connectivity index (χ4v) is 2.33. The molecule has 0 bridgehead atoms. The molecule has 1 rings (SSSR count). The summed E-state index contributed by atoms with van der Waals surface area (Å²) in [5.74, 6) is -0.245. The first-order chi connectivity index (χ1) is 8.48. The zero-order chi connectivity index (χ0) is 13.6. The van der Waals surface area contributed by atoms with Gasteiger partial charge in [-0.25, -0.2) is 4.79 Å². The van der Waals surface area contributed by atoms with Crippen LogP contribution in [0.5, 0.6) is 0 Å². The summed E-state index contributed by atoms with van der Waals surface area (Å²) in [4.78, 5) is 11.4. The first-order valence-corrected chi connectivity index (χ1v) is 6.87. The van der Waals surface area contributed by atoms with E-state index in [1.807, 2.05) is 13.0 Å². The van der Waals surface area contributed by atoms with E-state index in [0.717, 1.165) is 12.8 Å². The van der Waals surface area contributed by atoms with Crippen molar-refractivity contribution in [3.05, 3.63) is 11.6 Å². The van der Waals surface area contributed by atoms with Crippen LogP contribution in [-0.2, 0) is 14.3 Å². The predicted octanol–water partition coefficient (Wildman–Crippen LogP) is 3.48. The second-order valence-electron chi connectivity index (χ2n) is 5.77. The van der Waals surface area contributed by atoms with E-state index in [9.17, 15) is 4.79 Å². The highest BCUT2D eigenvalue weighted by Gasteiger charge is 2.26. The maximum atomic E-state index is 11.4. The minimum atomic E-state index is -0.245. The van der Waals surface area contributed by atoms with Crippen LogP contribution in [0.2, 0.25) is 0 Å². The van der Waals surface area contributed by atoms with Crippen LogP contribution in [0.3, 0.4) is 0 Å². The van der Waals surface area contributed by atoms with Crippen LogP contribution in [0, 0.1) is 5.41 Å². The number of ether oxygens (including phenoxy) is 2. The normalized spacial score (nSPS) is 20.8. The first kappa shape index (κ1) is 15.2. The molecule has 1 fully saturated rings. The van der Waals surface area contributed by atoms with Crippen molar-refractivity contribution in [1.82, 2.24) is 0 Å². The van der Waals surface area contributed by atoms with Crippen LogP contribution in [0.25, 0.3) is 0 Å². The van der Waals surface area contributed by atoms with Gasteiger partial charge in [-0.3, -0.25) is 0 Å². The van der Waals surface area contributed by atoms with Crippen LogP contribution < -0.4 is 0 Å². The lowest BCUT2D eigenvalue weighted by Gasteiger charge is -2.34. The Morgan fingerprint density at radius 2 is 1.94 bits per heavy atom. The highest BCUT2D eigenvalue weighted by molar-refractivity contribution is 5.88. The summed E-state index contributed by atoms with van der Waals surface area (Å²) in [5.41, 5.74) is 1.17. The average Bonchev–Trinajstić information content (AvgIpc) is 2.35. The third kappa shape index (κ3) is 4.81. The van der Waals surface area contributed by atoms with Gasteiger partial charge < -0.3 is 9.47 Å². The van der Waals surface area contributed by atoms with Crippen molar-refractivity contribution in [2.24, 2.45) is 5.41 Å². The molecule has 1 aliphatic rings. The average molecular weight is 254 g/mol. The van der Waals surface area contributed by atoms with Crippen LogP contribution in [0.1, 0.15) is 52.9 Å². The molecule has 3 heteroatoms. The third-order valence-electron chi connectivity index (χ3n) is 3.78. The Kier molecular flexibility index (Phi) is 5.86. The Hall–Kier alpha value is -0.830. The minimum Gasteiger partial charge on any atom is -0.466 e. The lowest BCUT2D eigenvalue weighted by Crippen LogP contribution is -2.26. The van der Waals surface area contributed by atoms with Gasteiger partial charge >= 0.3 is 5.97 Å². The number of hydrogen-bond acceptors (Lipinski definition) is 3. The van der Waals surface area contributed by atoms with Crippen LogP contribution in [-0.4, -0.2) is 25.8 Å². The molecular formula is C15H26O3. The van der Waals surface area contributed by atoms with E-state index in [4.69, 9.17) is 9.47 Å². The fraction of sp³-hybridized carbons (Fsp3) is 0.800. The van der Waals surface area contributed by atoms with E-state index in [2.05, 4.69) is 13.8 Å². The Morgan fingerprint density at radius 3 is 2.44 bits per heavy atom. The van der Waals surface area contributed by atoms with Gasteiger partial charge in [0.1, 0.15) is 0 Å². The largest absolute Gasteiger partial charge is 0.466 e. The Morgan fingerprint density at radius 1 is 1.33 bits per heavy atom. The van der Waals surface area contributed by atoms with E-state index in [1.165, 1.54) is 20.0 Å². The van der Waals surface area contributed by atoms with Crippen molar-refractivity contribution >= 4 is 5.97 Å². The highest BCUT2D eigenvalue weighted by atomic mass is 16.5. The van der Waals surface area contributed by atoms with Crippen molar-refractivity contribution in [2.45, 2.75) is 59.0 Å². The number of rotatable bonds is 5. The molecule has 18 heavy (non-hydrogen) atoms. The Balaban J connectivity index is 2.33. The Labute approximate surface area is 111 Å². The Bertz CT molecular complexity index is 295. The van der Waals surface area contributed by atoms with Crippen LogP contribution in [0.4, 0.5) is 0 Å². The lowest BCUT2D eigenvalue weighted by atomic mass is 9.76. The maximum absolute atomic E-state index is 11.4. The van der Waals surface area contributed by atoms with Gasteiger partial charge in [0.25, 0.3) is 0 Å². The molecule has 104 valence electrons. The molecule has 0 unspecified atom stereocenters. The molecule has 0 N–H and O–H groups in total. The predicted molar refractivity (Wildman–Crippen MR) is 72.4 cm³/mol. The third-order valence-corrected chi connectivity index (χ3v) is 3.78. The molecule has 0 aliphatic heterocycles. The molecule has 0 atom stereocenters. The van der Waals surface area contributed by atoms with Gasteiger partial charge in [0, 0.05) is 5.57 Å². The fourth-order valence-electron chi connectivity index (χ4n) is 2.33. The zero-order valence-electron chi connectivity index (χ0n) is 12.1. The van der Waals surface area contributed by atoms with Gasteiger partial charge in [-0.05, 0) is 43.6 Å². The van der Waals surface area contributed by atoms with E-state index in [1.54, 1.807) is 0 Å². The summed E-state index contributed by atoms with van der Waals surface area (Å²) in [5, 5.41) is 0. The van der Waals surface area contributed by atoms with Crippen LogP contribution in [0.15, 0.2) is 11.6 Å².